The largest absolute Gasteiger partial charge is 0.393 e. The average molecular weight is 499 g/mol. The van der Waals surface area contributed by atoms with Crippen LogP contribution in [0.3, 0.4) is 0 Å². The van der Waals surface area contributed by atoms with Crippen LogP contribution in [-0.4, -0.2) is 39.4 Å². The Balaban J connectivity index is 1.14. The minimum absolute atomic E-state index is 0.0368. The summed E-state index contributed by atoms with van der Waals surface area (Å²) in [6, 6.07) is 17.5. The maximum atomic E-state index is 13.2. The van der Waals surface area contributed by atoms with Gasteiger partial charge in [0.05, 0.1) is 23.4 Å². The van der Waals surface area contributed by atoms with Gasteiger partial charge in [0.15, 0.2) is 0 Å². The fourth-order valence-corrected chi connectivity index (χ4v) is 7.01. The van der Waals surface area contributed by atoms with E-state index >= 15 is 0 Å². The van der Waals surface area contributed by atoms with Crippen molar-refractivity contribution in [2.45, 2.75) is 62.8 Å². The highest BCUT2D eigenvalue weighted by Gasteiger charge is 2.40. The van der Waals surface area contributed by atoms with Gasteiger partial charge in [0.1, 0.15) is 0 Å². The number of nitrogens with zero attached hydrogens (tertiary/aromatic N) is 2. The number of benzene rings is 2. The number of nitrogens with one attached hydrogen (secondary N) is 2. The van der Waals surface area contributed by atoms with Crippen molar-refractivity contribution in [3.05, 3.63) is 70.4 Å². The van der Waals surface area contributed by atoms with Gasteiger partial charge in [-0.25, -0.2) is 0 Å². The Kier molecular flexibility index (Phi) is 5.36. The summed E-state index contributed by atoms with van der Waals surface area (Å²) >= 11 is 1.67. The van der Waals surface area contributed by atoms with Crippen molar-refractivity contribution in [3.8, 4) is 11.3 Å². The van der Waals surface area contributed by atoms with Crippen molar-refractivity contribution in [1.82, 2.24) is 15.5 Å². The molecule has 2 unspecified atom stereocenters. The Morgan fingerprint density at radius 3 is 2.53 bits per heavy atom. The zero-order valence-corrected chi connectivity index (χ0v) is 20.9. The molecule has 1 amide bonds. The number of aromatic nitrogens is 2. The molecule has 3 atom stereocenters. The van der Waals surface area contributed by atoms with Crippen LogP contribution < -0.4 is 10.2 Å². The standard InChI is InChI=1S/C29H30N4O2S/c34-24-14-22-8-9-23(15-24)33(22)21-6-3-18(4-7-21)28-25-13-19(5-10-26(25)31-32-28)29(35)30-27(17-1-2-17)20-11-12-36-16-20/h3-7,10-13,16-17,22-24,27,34H,1-2,8-9,14-15H2,(H,30,35)(H,31,32)/t22?,23?,24?,27-/m0/s1. The first-order valence-electron chi connectivity index (χ1n) is 13.0. The fourth-order valence-electron chi connectivity index (χ4n) is 6.32. The van der Waals surface area contributed by atoms with E-state index in [-0.39, 0.29) is 18.1 Å². The van der Waals surface area contributed by atoms with Crippen LogP contribution >= 0.6 is 11.3 Å². The maximum Gasteiger partial charge on any atom is 0.251 e. The number of carbonyl (C=O) groups is 1. The molecule has 0 spiro atoms. The molecule has 1 saturated carbocycles. The molecule has 2 aliphatic heterocycles. The third kappa shape index (κ3) is 3.91. The van der Waals surface area contributed by atoms with E-state index < -0.39 is 0 Å². The van der Waals surface area contributed by atoms with Gasteiger partial charge < -0.3 is 15.3 Å². The number of aliphatic hydroxyl groups excluding tert-OH is 1. The van der Waals surface area contributed by atoms with E-state index in [0.717, 1.165) is 47.8 Å². The van der Waals surface area contributed by atoms with Crippen molar-refractivity contribution in [2.75, 3.05) is 4.90 Å². The molecule has 6 nitrogen and oxygen atoms in total. The molecule has 4 aromatic rings. The van der Waals surface area contributed by atoms with E-state index in [4.69, 9.17) is 0 Å². The van der Waals surface area contributed by atoms with Gasteiger partial charge in [-0.1, -0.05) is 12.1 Å². The van der Waals surface area contributed by atoms with Crippen LogP contribution in [0.2, 0.25) is 0 Å². The van der Waals surface area contributed by atoms with Crippen LogP contribution in [0.1, 0.15) is 60.5 Å². The van der Waals surface area contributed by atoms with E-state index in [1.54, 1.807) is 11.3 Å². The molecule has 2 bridgehead atoms. The van der Waals surface area contributed by atoms with Crippen LogP contribution in [0.15, 0.2) is 59.3 Å². The molecule has 4 heterocycles. The van der Waals surface area contributed by atoms with E-state index in [1.165, 1.54) is 24.1 Å². The van der Waals surface area contributed by atoms with Crippen molar-refractivity contribution in [2.24, 2.45) is 5.92 Å². The Morgan fingerprint density at radius 2 is 1.83 bits per heavy atom. The number of amides is 1. The van der Waals surface area contributed by atoms with Gasteiger partial charge in [0, 0.05) is 34.3 Å². The number of anilines is 1. The second-order valence-corrected chi connectivity index (χ2v) is 11.4. The van der Waals surface area contributed by atoms with Crippen LogP contribution in [0.4, 0.5) is 5.69 Å². The van der Waals surface area contributed by atoms with Crippen LogP contribution in [0.5, 0.6) is 0 Å². The predicted octanol–water partition coefficient (Wildman–Crippen LogP) is 5.66. The van der Waals surface area contributed by atoms with Gasteiger partial charge in [0.25, 0.3) is 5.91 Å². The third-order valence-corrected chi connectivity index (χ3v) is 8.96. The van der Waals surface area contributed by atoms with Gasteiger partial charge in [0.2, 0.25) is 0 Å². The number of carbonyl (C=O) groups excluding carboxylic acids is 1. The van der Waals surface area contributed by atoms with Crippen LogP contribution in [0, 0.1) is 5.92 Å². The molecule has 7 heteroatoms. The van der Waals surface area contributed by atoms with Crippen molar-refractivity contribution < 1.29 is 9.90 Å². The summed E-state index contributed by atoms with van der Waals surface area (Å²) in [7, 11) is 0. The van der Waals surface area contributed by atoms with E-state index in [9.17, 15) is 9.90 Å². The van der Waals surface area contributed by atoms with Crippen LogP contribution in [0.25, 0.3) is 22.2 Å². The summed E-state index contributed by atoms with van der Waals surface area (Å²) in [5.74, 6) is 0.499. The minimum Gasteiger partial charge on any atom is -0.393 e. The molecular weight excluding hydrogens is 468 g/mol. The molecule has 36 heavy (non-hydrogen) atoms. The van der Waals surface area contributed by atoms with E-state index in [2.05, 4.69) is 61.5 Å². The summed E-state index contributed by atoms with van der Waals surface area (Å²) in [4.78, 5) is 15.7. The van der Waals surface area contributed by atoms with Crippen molar-refractivity contribution in [1.29, 1.82) is 0 Å². The molecule has 2 aromatic heterocycles. The molecule has 184 valence electrons. The van der Waals surface area contributed by atoms with Gasteiger partial charge in [-0.05, 0) is 97.2 Å². The van der Waals surface area contributed by atoms with E-state index in [1.807, 2.05) is 18.2 Å². The van der Waals surface area contributed by atoms with Gasteiger partial charge in [-0.2, -0.15) is 16.4 Å². The second-order valence-electron chi connectivity index (χ2n) is 10.6. The number of aliphatic hydroxyl groups is 1. The number of H-pyrrole nitrogens is 1. The van der Waals surface area contributed by atoms with Crippen molar-refractivity contribution in [3.63, 3.8) is 0 Å². The van der Waals surface area contributed by atoms with E-state index in [0.29, 0.717) is 23.6 Å². The lowest BCUT2D eigenvalue weighted by molar-refractivity contribution is 0.0932. The van der Waals surface area contributed by atoms with Gasteiger partial charge >= 0.3 is 0 Å². The summed E-state index contributed by atoms with van der Waals surface area (Å²) in [6.45, 7) is 0. The molecule has 7 rings (SSSR count). The predicted molar refractivity (Wildman–Crippen MR) is 143 cm³/mol. The number of aromatic amines is 1. The number of rotatable bonds is 6. The molecule has 3 N–H and O–H groups in total. The molecule has 0 radical (unpaired) electrons. The lowest BCUT2D eigenvalue weighted by Crippen LogP contribution is -2.44. The number of piperidine rings is 1. The third-order valence-electron chi connectivity index (χ3n) is 8.25. The quantitative estimate of drug-likeness (QED) is 0.320. The van der Waals surface area contributed by atoms with Gasteiger partial charge in [-0.3, -0.25) is 9.89 Å². The Bertz CT molecular complexity index is 1380. The lowest BCUT2D eigenvalue weighted by atomic mass is 9.98. The lowest BCUT2D eigenvalue weighted by Gasteiger charge is -2.39. The number of fused-ring (bicyclic) bond motifs is 3. The summed E-state index contributed by atoms with van der Waals surface area (Å²) < 4.78 is 0. The van der Waals surface area contributed by atoms with Crippen molar-refractivity contribution >= 4 is 33.8 Å². The minimum atomic E-state index is -0.162. The smallest absolute Gasteiger partial charge is 0.251 e. The number of hydrogen-bond acceptors (Lipinski definition) is 5. The molecule has 2 aromatic carbocycles. The Morgan fingerprint density at radius 1 is 1.06 bits per heavy atom. The first-order valence-corrected chi connectivity index (χ1v) is 14.0. The molecule has 3 fully saturated rings. The molecule has 2 saturated heterocycles. The Hall–Kier alpha value is -3.16. The fraction of sp³-hybridized carbons (Fsp3) is 0.379. The Labute approximate surface area is 214 Å². The zero-order valence-electron chi connectivity index (χ0n) is 20.1. The highest BCUT2D eigenvalue weighted by atomic mass is 32.1. The second kappa shape index (κ2) is 8.75. The molecule has 3 aliphatic rings. The van der Waals surface area contributed by atoms with Gasteiger partial charge in [-0.15, -0.1) is 0 Å². The highest BCUT2D eigenvalue weighted by molar-refractivity contribution is 7.08. The molecule has 1 aliphatic carbocycles. The summed E-state index contributed by atoms with van der Waals surface area (Å²) in [6.07, 6.45) is 6.22. The number of hydrogen-bond donors (Lipinski definition) is 3. The monoisotopic (exact) mass is 498 g/mol. The normalized spacial score (nSPS) is 24.2. The average Bonchev–Trinajstić information content (AvgIpc) is 3.29. The first-order chi connectivity index (χ1) is 17.6. The van der Waals surface area contributed by atoms with Crippen LogP contribution in [-0.2, 0) is 0 Å². The number of thiophene rings is 1. The molecular formula is C29H30N4O2S. The maximum absolute atomic E-state index is 13.2. The SMILES string of the molecule is O=C(N[C@H](c1ccsc1)C1CC1)c1ccc2[nH]nc(-c3ccc(N4C5CCC4CC(O)C5)cc3)c2c1. The highest BCUT2D eigenvalue weighted by Crippen LogP contribution is 2.42. The summed E-state index contributed by atoms with van der Waals surface area (Å²) in [5, 5.41) is 26.3. The summed E-state index contributed by atoms with van der Waals surface area (Å²) in [5.41, 5.74) is 5.90. The first kappa shape index (κ1) is 22.1. The zero-order chi connectivity index (χ0) is 24.2. The topological polar surface area (TPSA) is 81.2 Å².